The maximum atomic E-state index is 12.3. The minimum absolute atomic E-state index is 0.144. The fourth-order valence-electron chi connectivity index (χ4n) is 2.33. The van der Waals surface area contributed by atoms with Crippen molar-refractivity contribution in [2.45, 2.75) is 36.1 Å². The summed E-state index contributed by atoms with van der Waals surface area (Å²) >= 11 is 5.66. The number of halogens is 1. The molecule has 0 saturated heterocycles. The lowest BCUT2D eigenvalue weighted by atomic mass is 10.0. The van der Waals surface area contributed by atoms with E-state index in [1.165, 1.54) is 6.07 Å². The summed E-state index contributed by atoms with van der Waals surface area (Å²) in [7, 11) is -4.02. The van der Waals surface area contributed by atoms with Crippen molar-refractivity contribution in [1.29, 1.82) is 5.26 Å². The first-order chi connectivity index (χ1) is 9.80. The summed E-state index contributed by atoms with van der Waals surface area (Å²) in [5.41, 5.74) is -1.62. The third-order valence-corrected chi connectivity index (χ3v) is 5.28. The SMILES string of the molecule is N#CC1(NS(=O)(=O)c2ccc(Cl)c([N+](=O)[O-])c2)CCCC1. The predicted molar refractivity (Wildman–Crippen MR) is 75.2 cm³/mol. The molecule has 0 heterocycles. The minimum atomic E-state index is -4.02. The molecule has 9 heteroatoms. The molecule has 1 saturated carbocycles. The normalized spacial score (nSPS) is 17.3. The molecule has 2 rings (SSSR count). The second-order valence-corrected chi connectivity index (χ2v) is 6.97. The number of nitro benzene ring substituents is 1. The van der Waals surface area contributed by atoms with Gasteiger partial charge >= 0.3 is 0 Å². The molecule has 0 aromatic heterocycles. The lowest BCUT2D eigenvalue weighted by molar-refractivity contribution is -0.384. The Bertz CT molecular complexity index is 721. The average molecular weight is 330 g/mol. The topological polar surface area (TPSA) is 113 Å². The van der Waals surface area contributed by atoms with Gasteiger partial charge in [-0.2, -0.15) is 9.98 Å². The molecule has 0 atom stereocenters. The maximum absolute atomic E-state index is 12.3. The van der Waals surface area contributed by atoms with Crippen molar-refractivity contribution in [3.05, 3.63) is 33.3 Å². The molecule has 0 bridgehead atoms. The third kappa shape index (κ3) is 3.15. The lowest BCUT2D eigenvalue weighted by Crippen LogP contribution is -2.44. The number of nitro groups is 1. The summed E-state index contributed by atoms with van der Waals surface area (Å²) in [5, 5.41) is 19.9. The molecule has 21 heavy (non-hydrogen) atoms. The highest BCUT2D eigenvalue weighted by molar-refractivity contribution is 7.89. The molecule has 112 valence electrons. The zero-order valence-corrected chi connectivity index (χ0v) is 12.4. The zero-order valence-electron chi connectivity index (χ0n) is 10.9. The van der Waals surface area contributed by atoms with Gasteiger partial charge < -0.3 is 0 Å². The molecule has 1 fully saturated rings. The predicted octanol–water partition coefficient (Wildman–Crippen LogP) is 2.36. The van der Waals surface area contributed by atoms with Crippen LogP contribution in [0.25, 0.3) is 0 Å². The van der Waals surface area contributed by atoms with Crippen LogP contribution in [0.4, 0.5) is 5.69 Å². The van der Waals surface area contributed by atoms with E-state index in [4.69, 9.17) is 11.6 Å². The molecule has 0 radical (unpaired) electrons. The van der Waals surface area contributed by atoms with E-state index >= 15 is 0 Å². The summed E-state index contributed by atoms with van der Waals surface area (Å²) in [6.07, 6.45) is 2.38. The summed E-state index contributed by atoms with van der Waals surface area (Å²) in [4.78, 5) is 9.79. The van der Waals surface area contributed by atoms with E-state index in [1.54, 1.807) is 0 Å². The van der Waals surface area contributed by atoms with Gasteiger partial charge in [0.25, 0.3) is 5.69 Å². The highest BCUT2D eigenvalue weighted by atomic mass is 35.5. The van der Waals surface area contributed by atoms with Crippen molar-refractivity contribution < 1.29 is 13.3 Å². The first-order valence-electron chi connectivity index (χ1n) is 6.19. The number of nitrogens with one attached hydrogen (secondary N) is 1. The van der Waals surface area contributed by atoms with E-state index in [-0.39, 0.29) is 9.92 Å². The van der Waals surface area contributed by atoms with Crippen LogP contribution >= 0.6 is 11.6 Å². The number of hydrogen-bond donors (Lipinski definition) is 1. The van der Waals surface area contributed by atoms with Gasteiger partial charge in [0.2, 0.25) is 10.0 Å². The molecule has 0 unspecified atom stereocenters. The molecule has 1 aliphatic carbocycles. The summed E-state index contributed by atoms with van der Waals surface area (Å²) < 4.78 is 27.0. The standard InChI is InChI=1S/C12H12ClN3O4S/c13-10-4-3-9(7-11(10)16(17)18)21(19,20)15-12(8-14)5-1-2-6-12/h3-4,7,15H,1-2,5-6H2. The van der Waals surface area contributed by atoms with Crippen LogP contribution in [0.1, 0.15) is 25.7 Å². The summed E-state index contributed by atoms with van der Waals surface area (Å²) in [6, 6.07) is 5.23. The molecule has 0 amide bonds. The number of hydrogen-bond acceptors (Lipinski definition) is 5. The van der Waals surface area contributed by atoms with Crippen LogP contribution in [0.3, 0.4) is 0 Å². The van der Waals surface area contributed by atoms with Gasteiger partial charge in [-0.25, -0.2) is 8.42 Å². The number of rotatable bonds is 4. The van der Waals surface area contributed by atoms with Gasteiger partial charge in [0.05, 0.1) is 15.9 Å². The molecule has 1 aliphatic rings. The summed E-state index contributed by atoms with van der Waals surface area (Å²) in [6.45, 7) is 0. The van der Waals surface area contributed by atoms with Crippen LogP contribution in [0.5, 0.6) is 0 Å². The Hall–Kier alpha value is -1.69. The van der Waals surface area contributed by atoms with Crippen LogP contribution in [0.15, 0.2) is 23.1 Å². The van der Waals surface area contributed by atoms with Gasteiger partial charge in [-0.1, -0.05) is 24.4 Å². The van der Waals surface area contributed by atoms with Gasteiger partial charge in [0.1, 0.15) is 10.6 Å². The first kappa shape index (κ1) is 15.7. The average Bonchev–Trinajstić information content (AvgIpc) is 2.87. The number of sulfonamides is 1. The first-order valence-corrected chi connectivity index (χ1v) is 8.05. The molecule has 0 aliphatic heterocycles. The van der Waals surface area contributed by atoms with E-state index in [0.29, 0.717) is 12.8 Å². The van der Waals surface area contributed by atoms with E-state index in [0.717, 1.165) is 25.0 Å². The highest BCUT2D eigenvalue weighted by Crippen LogP contribution is 2.32. The highest BCUT2D eigenvalue weighted by Gasteiger charge is 2.38. The monoisotopic (exact) mass is 329 g/mol. The van der Waals surface area contributed by atoms with Crippen LogP contribution < -0.4 is 4.72 Å². The van der Waals surface area contributed by atoms with Crippen molar-refractivity contribution in [1.82, 2.24) is 4.72 Å². The van der Waals surface area contributed by atoms with E-state index in [9.17, 15) is 23.8 Å². The van der Waals surface area contributed by atoms with Crippen molar-refractivity contribution >= 4 is 27.3 Å². The quantitative estimate of drug-likeness (QED) is 0.672. The van der Waals surface area contributed by atoms with E-state index in [2.05, 4.69) is 4.72 Å². The Kier molecular flexibility index (Phi) is 4.18. The largest absolute Gasteiger partial charge is 0.289 e. The molecule has 1 aromatic rings. The Labute approximate surface area is 126 Å². The number of benzene rings is 1. The van der Waals surface area contributed by atoms with Crippen molar-refractivity contribution in [3.63, 3.8) is 0 Å². The van der Waals surface area contributed by atoms with Gasteiger partial charge in [0.15, 0.2) is 0 Å². The molecular formula is C12H12ClN3O4S. The van der Waals surface area contributed by atoms with Crippen molar-refractivity contribution in [2.24, 2.45) is 0 Å². The molecule has 1 aromatic carbocycles. The van der Waals surface area contributed by atoms with Crippen LogP contribution in [0.2, 0.25) is 5.02 Å². The molecule has 1 N–H and O–H groups in total. The minimum Gasteiger partial charge on any atom is -0.258 e. The molecule has 0 spiro atoms. The second-order valence-electron chi connectivity index (χ2n) is 4.88. The van der Waals surface area contributed by atoms with E-state index < -0.39 is 26.2 Å². The Morgan fingerprint density at radius 1 is 1.38 bits per heavy atom. The van der Waals surface area contributed by atoms with Gasteiger partial charge in [-0.3, -0.25) is 10.1 Å². The second kappa shape index (κ2) is 5.60. The lowest BCUT2D eigenvalue weighted by Gasteiger charge is -2.21. The van der Waals surface area contributed by atoms with E-state index in [1.807, 2.05) is 6.07 Å². The fraction of sp³-hybridized carbons (Fsp3) is 0.417. The van der Waals surface area contributed by atoms with Crippen LogP contribution in [-0.2, 0) is 10.0 Å². The smallest absolute Gasteiger partial charge is 0.258 e. The van der Waals surface area contributed by atoms with Crippen LogP contribution in [-0.4, -0.2) is 18.9 Å². The van der Waals surface area contributed by atoms with Crippen molar-refractivity contribution in [2.75, 3.05) is 0 Å². The van der Waals surface area contributed by atoms with Gasteiger partial charge in [-0.05, 0) is 25.0 Å². The zero-order chi connectivity index (χ0) is 15.7. The molecular weight excluding hydrogens is 318 g/mol. The van der Waals surface area contributed by atoms with Crippen molar-refractivity contribution in [3.8, 4) is 6.07 Å². The maximum Gasteiger partial charge on any atom is 0.289 e. The Balaban J connectivity index is 2.39. The Morgan fingerprint density at radius 3 is 2.52 bits per heavy atom. The van der Waals surface area contributed by atoms with Gasteiger partial charge in [0, 0.05) is 6.07 Å². The molecule has 7 nitrogen and oxygen atoms in total. The van der Waals surface area contributed by atoms with Crippen LogP contribution in [0, 0.1) is 21.4 Å². The number of nitriles is 1. The fourth-order valence-corrected chi connectivity index (χ4v) is 3.91. The third-order valence-electron chi connectivity index (χ3n) is 3.43. The Morgan fingerprint density at radius 2 is 2.00 bits per heavy atom. The van der Waals surface area contributed by atoms with Gasteiger partial charge in [-0.15, -0.1) is 0 Å². The number of nitrogens with zero attached hydrogens (tertiary/aromatic N) is 2. The summed E-state index contributed by atoms with van der Waals surface area (Å²) in [5.74, 6) is 0.